The molecule has 0 radical (unpaired) electrons. The lowest BCUT2D eigenvalue weighted by Crippen LogP contribution is -2.48. The maximum atomic E-state index is 12.1. The molecule has 1 saturated heterocycles. The lowest BCUT2D eigenvalue weighted by molar-refractivity contribution is -0.143. The Bertz CT molecular complexity index is 613. The molecule has 11 heteroatoms. The first-order valence-corrected chi connectivity index (χ1v) is 8.02. The SMILES string of the molecule is COC(=O)[C@H](CO)NC(=O)c1csc(N2CCN(C(=O)O)CC2)n1. The van der Waals surface area contributed by atoms with Crippen molar-refractivity contribution in [2.45, 2.75) is 6.04 Å². The molecule has 1 fully saturated rings. The van der Waals surface area contributed by atoms with Gasteiger partial charge in [0.15, 0.2) is 11.2 Å². The number of hydrogen-bond donors (Lipinski definition) is 3. The molecule has 0 saturated carbocycles. The van der Waals surface area contributed by atoms with E-state index in [0.717, 1.165) is 7.11 Å². The molecule has 10 nitrogen and oxygen atoms in total. The third kappa shape index (κ3) is 4.11. The van der Waals surface area contributed by atoms with Gasteiger partial charge < -0.3 is 30.1 Å². The van der Waals surface area contributed by atoms with Crippen molar-refractivity contribution in [3.05, 3.63) is 11.1 Å². The lowest BCUT2D eigenvalue weighted by Gasteiger charge is -2.32. The summed E-state index contributed by atoms with van der Waals surface area (Å²) in [4.78, 5) is 41.8. The highest BCUT2D eigenvalue weighted by Gasteiger charge is 2.25. The first kappa shape index (κ1) is 17.9. The second-order valence-electron chi connectivity index (χ2n) is 5.00. The Balaban J connectivity index is 1.96. The molecular weight excluding hydrogens is 340 g/mol. The number of ether oxygens (including phenoxy) is 1. The van der Waals surface area contributed by atoms with Gasteiger partial charge in [-0.1, -0.05) is 0 Å². The fourth-order valence-electron chi connectivity index (χ4n) is 2.16. The minimum absolute atomic E-state index is 0.123. The van der Waals surface area contributed by atoms with Crippen molar-refractivity contribution in [1.29, 1.82) is 0 Å². The van der Waals surface area contributed by atoms with E-state index >= 15 is 0 Å². The van der Waals surface area contributed by atoms with Gasteiger partial charge in [-0.2, -0.15) is 0 Å². The van der Waals surface area contributed by atoms with Crippen LogP contribution in [0.4, 0.5) is 9.93 Å². The number of nitrogens with zero attached hydrogens (tertiary/aromatic N) is 3. The van der Waals surface area contributed by atoms with Gasteiger partial charge in [-0.3, -0.25) is 4.79 Å². The van der Waals surface area contributed by atoms with Gasteiger partial charge in [0.25, 0.3) is 5.91 Å². The molecule has 132 valence electrons. The number of hydrogen-bond acceptors (Lipinski definition) is 8. The topological polar surface area (TPSA) is 132 Å². The summed E-state index contributed by atoms with van der Waals surface area (Å²) < 4.78 is 4.48. The van der Waals surface area contributed by atoms with Gasteiger partial charge >= 0.3 is 12.1 Å². The number of thiazole rings is 1. The first-order chi connectivity index (χ1) is 11.5. The second-order valence-corrected chi connectivity index (χ2v) is 5.84. The molecule has 0 bridgehead atoms. The van der Waals surface area contributed by atoms with Crippen LogP contribution < -0.4 is 10.2 Å². The van der Waals surface area contributed by atoms with Crippen molar-refractivity contribution in [3.8, 4) is 0 Å². The number of methoxy groups -OCH3 is 1. The number of nitrogens with one attached hydrogen (secondary N) is 1. The zero-order valence-corrected chi connectivity index (χ0v) is 13.8. The van der Waals surface area contributed by atoms with E-state index in [2.05, 4.69) is 15.0 Å². The summed E-state index contributed by atoms with van der Waals surface area (Å²) in [5, 5.41) is 22.5. The third-order valence-electron chi connectivity index (χ3n) is 3.52. The highest BCUT2D eigenvalue weighted by atomic mass is 32.1. The van der Waals surface area contributed by atoms with Crippen LogP contribution in [0.5, 0.6) is 0 Å². The number of carbonyl (C=O) groups is 3. The van der Waals surface area contributed by atoms with E-state index in [0.29, 0.717) is 31.3 Å². The van der Waals surface area contributed by atoms with Gasteiger partial charge in [0, 0.05) is 31.6 Å². The molecular formula is C13H18N4O6S. The van der Waals surface area contributed by atoms with Crippen LogP contribution in [0.3, 0.4) is 0 Å². The van der Waals surface area contributed by atoms with E-state index < -0.39 is 30.6 Å². The normalized spacial score (nSPS) is 15.8. The summed E-state index contributed by atoms with van der Waals surface area (Å²) in [6.07, 6.45) is -0.952. The average molecular weight is 358 g/mol. The minimum atomic E-state index is -1.15. The molecule has 2 rings (SSSR count). The monoisotopic (exact) mass is 358 g/mol. The number of aliphatic hydroxyl groups is 1. The van der Waals surface area contributed by atoms with E-state index in [9.17, 15) is 14.4 Å². The fraction of sp³-hybridized carbons (Fsp3) is 0.538. The number of aromatic nitrogens is 1. The number of carbonyl (C=O) groups excluding carboxylic acids is 2. The van der Waals surface area contributed by atoms with Crippen molar-refractivity contribution in [2.24, 2.45) is 0 Å². The third-order valence-corrected chi connectivity index (χ3v) is 4.42. The Labute approximate surface area is 141 Å². The van der Waals surface area contributed by atoms with Crippen molar-refractivity contribution in [1.82, 2.24) is 15.2 Å². The van der Waals surface area contributed by atoms with Gasteiger partial charge in [-0.05, 0) is 0 Å². The smallest absolute Gasteiger partial charge is 0.407 e. The molecule has 0 spiro atoms. The van der Waals surface area contributed by atoms with E-state index in [1.165, 1.54) is 16.2 Å². The standard InChI is InChI=1S/C13H18N4O6S/c1-23-11(20)8(6-18)14-10(19)9-7-24-12(15-9)16-2-4-17(5-3-16)13(21)22/h7-8,18H,2-6H2,1H3,(H,14,19)(H,21,22)/t8-/m0/s1. The molecule has 0 aliphatic carbocycles. The Hall–Kier alpha value is -2.40. The number of aliphatic hydroxyl groups excluding tert-OH is 1. The summed E-state index contributed by atoms with van der Waals surface area (Å²) in [7, 11) is 1.16. The molecule has 2 amide bonds. The minimum Gasteiger partial charge on any atom is -0.467 e. The van der Waals surface area contributed by atoms with Crippen molar-refractivity contribution in [3.63, 3.8) is 0 Å². The molecule has 0 unspecified atom stereocenters. The van der Waals surface area contributed by atoms with Gasteiger partial charge in [0.2, 0.25) is 0 Å². The van der Waals surface area contributed by atoms with Gasteiger partial charge in [0.1, 0.15) is 5.69 Å². The summed E-state index contributed by atoms with van der Waals surface area (Å²) in [5.74, 6) is -1.34. The molecule has 1 aliphatic heterocycles. The molecule has 1 aromatic rings. The maximum Gasteiger partial charge on any atom is 0.407 e. The highest BCUT2D eigenvalue weighted by molar-refractivity contribution is 7.13. The number of piperazine rings is 1. The molecule has 24 heavy (non-hydrogen) atoms. The van der Waals surface area contributed by atoms with Crippen LogP contribution in [0.1, 0.15) is 10.5 Å². The summed E-state index contributed by atoms with van der Waals surface area (Å²) in [6, 6.07) is -1.15. The van der Waals surface area contributed by atoms with Crippen LogP contribution in [0.25, 0.3) is 0 Å². The molecule has 0 aromatic carbocycles. The van der Waals surface area contributed by atoms with Crippen molar-refractivity contribution < 1.29 is 29.3 Å². The average Bonchev–Trinajstić information content (AvgIpc) is 3.09. The first-order valence-electron chi connectivity index (χ1n) is 7.14. The quantitative estimate of drug-likeness (QED) is 0.583. The predicted octanol–water partition coefficient (Wildman–Crippen LogP) is -0.793. The summed E-state index contributed by atoms with van der Waals surface area (Å²) in [5.41, 5.74) is 0.123. The molecule has 1 aromatic heterocycles. The molecule has 1 aliphatic rings. The summed E-state index contributed by atoms with van der Waals surface area (Å²) >= 11 is 1.25. The number of esters is 1. The van der Waals surface area contributed by atoms with Crippen LogP contribution in [-0.4, -0.2) is 84.0 Å². The summed E-state index contributed by atoms with van der Waals surface area (Å²) in [6.45, 7) is 1.13. The van der Waals surface area contributed by atoms with Crippen LogP contribution in [0.2, 0.25) is 0 Å². The lowest BCUT2D eigenvalue weighted by atomic mass is 10.3. The molecule has 1 atom stereocenters. The van der Waals surface area contributed by atoms with Crippen LogP contribution in [0, 0.1) is 0 Å². The fourth-order valence-corrected chi connectivity index (χ4v) is 3.02. The van der Waals surface area contributed by atoms with Crippen LogP contribution in [0.15, 0.2) is 5.38 Å². The Morgan fingerprint density at radius 2 is 2.04 bits per heavy atom. The largest absolute Gasteiger partial charge is 0.467 e. The second kappa shape index (κ2) is 7.93. The van der Waals surface area contributed by atoms with Gasteiger partial charge in [-0.15, -0.1) is 11.3 Å². The molecule has 3 N–H and O–H groups in total. The Kier molecular flexibility index (Phi) is 5.93. The van der Waals surface area contributed by atoms with Gasteiger partial charge in [0.05, 0.1) is 13.7 Å². The van der Waals surface area contributed by atoms with E-state index in [4.69, 9.17) is 10.2 Å². The zero-order valence-electron chi connectivity index (χ0n) is 13.0. The Morgan fingerprint density at radius 1 is 1.38 bits per heavy atom. The van der Waals surface area contributed by atoms with Crippen molar-refractivity contribution in [2.75, 3.05) is 44.8 Å². The zero-order chi connectivity index (χ0) is 17.7. The number of carboxylic acid groups (broad SMARTS) is 1. The highest BCUT2D eigenvalue weighted by Crippen LogP contribution is 2.22. The van der Waals surface area contributed by atoms with E-state index in [1.54, 1.807) is 5.38 Å². The molecule has 2 heterocycles. The number of anilines is 1. The van der Waals surface area contributed by atoms with Crippen LogP contribution in [-0.2, 0) is 9.53 Å². The van der Waals surface area contributed by atoms with Crippen molar-refractivity contribution >= 4 is 34.4 Å². The van der Waals surface area contributed by atoms with Crippen LogP contribution >= 0.6 is 11.3 Å². The number of rotatable bonds is 5. The predicted molar refractivity (Wildman–Crippen MR) is 84.3 cm³/mol. The van der Waals surface area contributed by atoms with E-state index in [1.807, 2.05) is 4.90 Å². The van der Waals surface area contributed by atoms with Gasteiger partial charge in [-0.25, -0.2) is 14.6 Å². The maximum absolute atomic E-state index is 12.1. The Morgan fingerprint density at radius 3 is 2.58 bits per heavy atom. The van der Waals surface area contributed by atoms with E-state index in [-0.39, 0.29) is 5.69 Å². The number of amides is 2.